The van der Waals surface area contributed by atoms with Crippen LogP contribution < -0.4 is 49.9 Å². The molecule has 0 aliphatic rings. The number of guanidine groups is 2. The Morgan fingerprint density at radius 1 is 0.667 bits per heavy atom. The number of rotatable bonds is 23. The molecule has 0 saturated carbocycles. The van der Waals surface area contributed by atoms with E-state index in [1.165, 1.54) is 24.3 Å². The highest BCUT2D eigenvalue weighted by Gasteiger charge is 2.33. The molecule has 1 heterocycles. The number of para-hydroxylation sites is 1. The molecule has 57 heavy (non-hydrogen) atoms. The molecule has 0 radical (unpaired) electrons. The van der Waals surface area contributed by atoms with E-state index in [9.17, 15) is 44.1 Å². The molecule has 3 rings (SSSR count). The van der Waals surface area contributed by atoms with Crippen LogP contribution in [0.25, 0.3) is 10.9 Å². The number of carboxylic acid groups (broad SMARTS) is 2. The van der Waals surface area contributed by atoms with Gasteiger partial charge in [0.25, 0.3) is 0 Å². The maximum absolute atomic E-state index is 14.0. The van der Waals surface area contributed by atoms with Crippen molar-refractivity contribution in [1.29, 1.82) is 0 Å². The summed E-state index contributed by atoms with van der Waals surface area (Å²) in [6, 6.07) is 5.83. The van der Waals surface area contributed by atoms with E-state index in [1.54, 1.807) is 6.20 Å². The van der Waals surface area contributed by atoms with Crippen molar-refractivity contribution < 1.29 is 44.1 Å². The molecular formula is C36H50N12O9. The Morgan fingerprint density at radius 2 is 1.19 bits per heavy atom. The average molecular weight is 795 g/mol. The third kappa shape index (κ3) is 15.0. The van der Waals surface area contributed by atoms with Gasteiger partial charge in [-0.1, -0.05) is 30.3 Å². The zero-order valence-corrected chi connectivity index (χ0v) is 31.0. The number of aliphatic carboxylic acids is 2. The van der Waals surface area contributed by atoms with Gasteiger partial charge in [0.1, 0.15) is 29.9 Å². The molecule has 308 valence electrons. The van der Waals surface area contributed by atoms with Crippen LogP contribution in [-0.4, -0.2) is 111 Å². The summed E-state index contributed by atoms with van der Waals surface area (Å²) < 4.78 is 0. The second-order valence-electron chi connectivity index (χ2n) is 13.1. The van der Waals surface area contributed by atoms with Crippen LogP contribution >= 0.6 is 0 Å². The molecule has 0 aliphatic carbocycles. The number of carbonyl (C=O) groups is 6. The Bertz CT molecular complexity index is 1920. The molecule has 3 aromatic rings. The third-order valence-electron chi connectivity index (χ3n) is 8.61. The number of phenols is 1. The van der Waals surface area contributed by atoms with E-state index in [4.69, 9.17) is 28.7 Å². The number of H-pyrrole nitrogens is 1. The summed E-state index contributed by atoms with van der Waals surface area (Å²) in [6.45, 7) is 0.147. The fourth-order valence-electron chi connectivity index (χ4n) is 5.72. The standard InChI is InChI=1S/C36H50N12O9/c37-23(16-20-18-44-24-6-2-1-5-22(20)24)30(52)47-28(17-29(50)51)33(55)48-27(15-19-9-11-21(49)12-10-19)32(54)45-25(7-3-13-42-35(38)39)31(53)46-26(34(56)57)8-4-14-43-36(40)41/h1-2,5-6,9-12,18,23,25-28,44,49H,3-4,7-8,13-17,37H2,(H,45,54)(H,46,53)(H,47,52)(H,48,55)(H,50,51)(H,56,57)(H4,38,39,42)(H4,40,41,43)/t23-,25-,26-,27-,28-/m0/s1. The Labute approximate surface area is 326 Å². The summed E-state index contributed by atoms with van der Waals surface area (Å²) in [4.78, 5) is 89.0. The van der Waals surface area contributed by atoms with Gasteiger partial charge in [0.05, 0.1) is 12.5 Å². The Hall–Kier alpha value is -6.90. The van der Waals surface area contributed by atoms with E-state index < -0.39 is 72.2 Å². The summed E-state index contributed by atoms with van der Waals surface area (Å²) in [6.07, 6.45) is 0.843. The number of amides is 4. The number of fused-ring (bicyclic) bond motifs is 1. The fourth-order valence-corrected chi connectivity index (χ4v) is 5.72. The lowest BCUT2D eigenvalue weighted by molar-refractivity contribution is -0.142. The molecule has 4 amide bonds. The van der Waals surface area contributed by atoms with Gasteiger partial charge in [-0.25, -0.2) is 4.79 Å². The Morgan fingerprint density at radius 3 is 1.79 bits per heavy atom. The number of hydrogen-bond donors (Lipinski definition) is 13. The topological polar surface area (TPSA) is 382 Å². The van der Waals surface area contributed by atoms with Crippen LogP contribution in [0.1, 0.15) is 43.2 Å². The van der Waals surface area contributed by atoms with Crippen molar-refractivity contribution in [1.82, 2.24) is 26.3 Å². The number of nitrogens with one attached hydrogen (secondary N) is 5. The first-order valence-corrected chi connectivity index (χ1v) is 17.9. The number of carbonyl (C=O) groups excluding carboxylic acids is 4. The number of nitrogens with zero attached hydrogens (tertiary/aromatic N) is 2. The number of aliphatic imine (C=N–C) groups is 2. The number of aromatic nitrogens is 1. The second kappa shape index (κ2) is 21.9. The minimum atomic E-state index is -1.69. The minimum absolute atomic E-state index is 0.0504. The van der Waals surface area contributed by atoms with Crippen molar-refractivity contribution in [3.8, 4) is 5.75 Å². The number of carboxylic acids is 2. The highest BCUT2D eigenvalue weighted by Crippen LogP contribution is 2.19. The van der Waals surface area contributed by atoms with Gasteiger partial charge >= 0.3 is 11.9 Å². The van der Waals surface area contributed by atoms with Crippen LogP contribution in [0.4, 0.5) is 0 Å². The van der Waals surface area contributed by atoms with Gasteiger partial charge in [0, 0.05) is 36.6 Å². The number of hydrogen-bond acceptors (Lipinski definition) is 10. The van der Waals surface area contributed by atoms with Crippen molar-refractivity contribution in [2.75, 3.05) is 13.1 Å². The highest BCUT2D eigenvalue weighted by atomic mass is 16.4. The van der Waals surface area contributed by atoms with Gasteiger partial charge in [0.15, 0.2) is 11.9 Å². The molecule has 0 aliphatic heterocycles. The van der Waals surface area contributed by atoms with Crippen molar-refractivity contribution in [2.24, 2.45) is 38.7 Å². The van der Waals surface area contributed by atoms with Crippen LogP contribution in [0.3, 0.4) is 0 Å². The van der Waals surface area contributed by atoms with Gasteiger partial charge in [-0.05, 0) is 61.4 Å². The summed E-state index contributed by atoms with van der Waals surface area (Å²) in [5, 5.41) is 39.8. The third-order valence-corrected chi connectivity index (χ3v) is 8.61. The van der Waals surface area contributed by atoms with Crippen molar-refractivity contribution in [2.45, 2.75) is 75.2 Å². The number of aromatic amines is 1. The fraction of sp³-hybridized carbons (Fsp3) is 0.389. The van der Waals surface area contributed by atoms with E-state index >= 15 is 0 Å². The van der Waals surface area contributed by atoms with E-state index in [0.29, 0.717) is 5.56 Å². The Kier molecular flexibility index (Phi) is 17.1. The van der Waals surface area contributed by atoms with Crippen LogP contribution in [-0.2, 0) is 41.6 Å². The van der Waals surface area contributed by atoms with E-state index in [-0.39, 0.29) is 69.3 Å². The first-order chi connectivity index (χ1) is 27.0. The molecule has 1 aromatic heterocycles. The largest absolute Gasteiger partial charge is 0.508 e. The number of benzene rings is 2. The zero-order valence-electron chi connectivity index (χ0n) is 31.0. The maximum atomic E-state index is 14.0. The predicted octanol–water partition coefficient (Wildman–Crippen LogP) is -2.41. The van der Waals surface area contributed by atoms with E-state index in [0.717, 1.165) is 16.5 Å². The van der Waals surface area contributed by atoms with Crippen molar-refractivity contribution >= 4 is 58.4 Å². The summed E-state index contributed by atoms with van der Waals surface area (Å²) in [5.41, 5.74) is 29.6. The van der Waals surface area contributed by atoms with Crippen molar-refractivity contribution in [3.63, 3.8) is 0 Å². The molecule has 0 unspecified atom stereocenters. The van der Waals surface area contributed by atoms with Gasteiger partial charge in [-0.3, -0.25) is 34.0 Å². The molecule has 5 atom stereocenters. The van der Waals surface area contributed by atoms with Gasteiger partial charge in [-0.2, -0.15) is 0 Å². The van der Waals surface area contributed by atoms with Crippen LogP contribution in [0.2, 0.25) is 0 Å². The second-order valence-corrected chi connectivity index (χ2v) is 13.1. The first kappa shape index (κ1) is 44.5. The number of nitrogens with two attached hydrogens (primary N) is 5. The molecule has 21 nitrogen and oxygen atoms in total. The summed E-state index contributed by atoms with van der Waals surface area (Å²) >= 11 is 0. The Balaban J connectivity index is 1.84. The van der Waals surface area contributed by atoms with Crippen LogP contribution in [0, 0.1) is 0 Å². The molecule has 0 spiro atoms. The van der Waals surface area contributed by atoms with E-state index in [1.807, 2.05) is 24.3 Å². The summed E-state index contributed by atoms with van der Waals surface area (Å²) in [5.74, 6) is -6.97. The SMILES string of the molecule is NC(N)=NCCC[C@H](NC(=O)[C@H](CCCN=C(N)N)NC(=O)[C@H](Cc1ccc(O)cc1)NC(=O)[C@H](CC(=O)O)NC(=O)[C@@H](N)Cc1c[nH]c2ccccc12)C(=O)O. The van der Waals surface area contributed by atoms with E-state index in [2.05, 4.69) is 36.2 Å². The van der Waals surface area contributed by atoms with Gasteiger partial charge in [0.2, 0.25) is 23.6 Å². The smallest absolute Gasteiger partial charge is 0.326 e. The molecule has 21 heteroatoms. The van der Waals surface area contributed by atoms with Crippen LogP contribution in [0.5, 0.6) is 5.75 Å². The normalized spacial score (nSPS) is 13.5. The van der Waals surface area contributed by atoms with Crippen LogP contribution in [0.15, 0.2) is 64.7 Å². The minimum Gasteiger partial charge on any atom is -0.508 e. The molecule has 18 N–H and O–H groups in total. The molecule has 0 saturated heterocycles. The zero-order chi connectivity index (χ0) is 42.1. The lowest BCUT2D eigenvalue weighted by atomic mass is 10.0. The van der Waals surface area contributed by atoms with Gasteiger partial charge in [-0.15, -0.1) is 0 Å². The molecule has 2 aromatic carbocycles. The molecule has 0 fully saturated rings. The predicted molar refractivity (Wildman–Crippen MR) is 209 cm³/mol. The quantitative estimate of drug-likeness (QED) is 0.0270. The number of aromatic hydroxyl groups is 1. The lowest BCUT2D eigenvalue weighted by Crippen LogP contribution is -2.59. The monoisotopic (exact) mass is 794 g/mol. The average Bonchev–Trinajstić information content (AvgIpc) is 3.55. The van der Waals surface area contributed by atoms with Gasteiger partial charge < -0.3 is 70.2 Å². The molecular weight excluding hydrogens is 744 g/mol. The summed E-state index contributed by atoms with van der Waals surface area (Å²) in [7, 11) is 0. The number of phenolic OH excluding ortho intramolecular Hbond substituents is 1. The lowest BCUT2D eigenvalue weighted by Gasteiger charge is -2.26. The maximum Gasteiger partial charge on any atom is 0.326 e. The van der Waals surface area contributed by atoms with Crippen molar-refractivity contribution in [3.05, 3.63) is 65.9 Å². The first-order valence-electron chi connectivity index (χ1n) is 17.9. The molecule has 0 bridgehead atoms. The highest BCUT2D eigenvalue weighted by molar-refractivity contribution is 5.97.